The van der Waals surface area contributed by atoms with E-state index in [1.165, 1.54) is 6.92 Å². The average Bonchev–Trinajstić information content (AvgIpc) is 3.01. The first-order valence-electron chi connectivity index (χ1n) is 10.9. The molecule has 3 rings (SSSR count). The molecule has 0 amide bonds. The summed E-state index contributed by atoms with van der Waals surface area (Å²) in [6.07, 6.45) is -4.28. The lowest BCUT2D eigenvalue weighted by molar-refractivity contribution is -0.244. The van der Waals surface area contributed by atoms with Crippen LogP contribution in [-0.2, 0) is 52.4 Å². The molecule has 0 aromatic carbocycles. The Morgan fingerprint density at radius 3 is 1.97 bits per heavy atom. The molecule has 2 heterocycles. The molecule has 3 aliphatic rings. The van der Waals surface area contributed by atoms with Crippen LogP contribution in [0.25, 0.3) is 0 Å². The summed E-state index contributed by atoms with van der Waals surface area (Å²) >= 11 is 4.36. The van der Waals surface area contributed by atoms with Crippen molar-refractivity contribution in [3.8, 4) is 0 Å². The van der Waals surface area contributed by atoms with Gasteiger partial charge >= 0.3 is 29.8 Å². The minimum absolute atomic E-state index is 0.257. The third-order valence-electron chi connectivity index (χ3n) is 7.32. The molecular formula is C22H30O11S. The summed E-state index contributed by atoms with van der Waals surface area (Å²) in [5.74, 6) is -3.39. The molecule has 2 saturated heterocycles. The SMILES string of the molecule is CC(=O)OC[C@H]1O[C@@H](S)[C@@H](OC(=O)[C@@]23CC[C@@](C)(C(=O)O2)C3(C)C)[C@@H](OC(C)=O)[C@@H]1OC(C)=O. The van der Waals surface area contributed by atoms with E-state index in [2.05, 4.69) is 12.6 Å². The molecule has 1 saturated carbocycles. The maximum absolute atomic E-state index is 13.5. The highest BCUT2D eigenvalue weighted by Crippen LogP contribution is 2.66. The van der Waals surface area contributed by atoms with Gasteiger partial charge in [0.25, 0.3) is 0 Å². The monoisotopic (exact) mass is 502 g/mol. The van der Waals surface area contributed by atoms with E-state index in [1.54, 1.807) is 20.8 Å². The van der Waals surface area contributed by atoms with Crippen LogP contribution in [0.5, 0.6) is 0 Å². The minimum Gasteiger partial charge on any atom is -0.463 e. The Labute approximate surface area is 202 Å². The van der Waals surface area contributed by atoms with Gasteiger partial charge in [-0.25, -0.2) is 4.79 Å². The van der Waals surface area contributed by atoms with Gasteiger partial charge < -0.3 is 28.4 Å². The maximum atomic E-state index is 13.5. The van der Waals surface area contributed by atoms with Crippen LogP contribution in [0.3, 0.4) is 0 Å². The van der Waals surface area contributed by atoms with Crippen LogP contribution in [0.15, 0.2) is 0 Å². The molecule has 0 radical (unpaired) electrons. The summed E-state index contributed by atoms with van der Waals surface area (Å²) < 4.78 is 32.8. The highest BCUT2D eigenvalue weighted by Gasteiger charge is 2.76. The second-order valence-corrected chi connectivity index (χ2v) is 10.1. The zero-order valence-electron chi connectivity index (χ0n) is 19.9. The van der Waals surface area contributed by atoms with Crippen molar-refractivity contribution in [2.24, 2.45) is 10.8 Å². The Morgan fingerprint density at radius 2 is 1.50 bits per heavy atom. The van der Waals surface area contributed by atoms with Crippen LogP contribution >= 0.6 is 12.6 Å². The zero-order valence-corrected chi connectivity index (χ0v) is 20.8. The first kappa shape index (κ1) is 26.3. The van der Waals surface area contributed by atoms with Crippen molar-refractivity contribution in [1.29, 1.82) is 0 Å². The standard InChI is InChI=1S/C22H30O11S/c1-10(23)28-9-13-14(29-11(2)24)15(30-12(3)25)16(17(34)31-13)32-19(27)22-8-7-21(6,18(26)33-22)20(22,4)5/h13-17,34H,7-9H2,1-6H3/t13-,14-,15+,16+,17+,21+,22-/m1/s1. The molecule has 0 spiro atoms. The Hall–Kier alpha value is -2.34. The van der Waals surface area contributed by atoms with Gasteiger partial charge in [-0.05, 0) is 19.8 Å². The van der Waals surface area contributed by atoms with E-state index in [0.29, 0.717) is 6.42 Å². The summed E-state index contributed by atoms with van der Waals surface area (Å²) in [5, 5.41) is 0. The van der Waals surface area contributed by atoms with Gasteiger partial charge in [-0.3, -0.25) is 19.2 Å². The molecule has 11 nitrogen and oxygen atoms in total. The molecule has 0 unspecified atom stereocenters. The van der Waals surface area contributed by atoms with Gasteiger partial charge in [0, 0.05) is 26.2 Å². The van der Waals surface area contributed by atoms with E-state index in [4.69, 9.17) is 28.4 Å². The van der Waals surface area contributed by atoms with E-state index in [0.717, 1.165) is 13.8 Å². The Kier molecular flexibility index (Phi) is 6.97. The fourth-order valence-corrected chi connectivity index (χ4v) is 5.32. The third kappa shape index (κ3) is 4.15. The topological polar surface area (TPSA) is 141 Å². The number of thiol groups is 1. The van der Waals surface area contributed by atoms with E-state index >= 15 is 0 Å². The quantitative estimate of drug-likeness (QED) is 0.317. The molecule has 7 atom stereocenters. The predicted octanol–water partition coefficient (Wildman–Crippen LogP) is 1.10. The molecule has 0 aromatic heterocycles. The van der Waals surface area contributed by atoms with Crippen LogP contribution < -0.4 is 0 Å². The zero-order chi connectivity index (χ0) is 25.6. The van der Waals surface area contributed by atoms with E-state index < -0.39 is 76.1 Å². The lowest BCUT2D eigenvalue weighted by atomic mass is 9.66. The molecular weight excluding hydrogens is 472 g/mol. The first-order valence-corrected chi connectivity index (χ1v) is 11.4. The van der Waals surface area contributed by atoms with Crippen LogP contribution in [0.2, 0.25) is 0 Å². The Bertz CT molecular complexity index is 901. The molecule has 12 heteroatoms. The summed E-state index contributed by atoms with van der Waals surface area (Å²) in [6, 6.07) is 0. The van der Waals surface area contributed by atoms with Crippen molar-refractivity contribution in [3.05, 3.63) is 0 Å². The number of carbonyl (C=O) groups excluding carboxylic acids is 5. The number of rotatable bonds is 6. The lowest BCUT2D eigenvalue weighted by Gasteiger charge is -2.44. The molecule has 0 N–H and O–H groups in total. The number of carbonyl (C=O) groups is 5. The van der Waals surface area contributed by atoms with Gasteiger partial charge in [0.05, 0.1) is 5.41 Å². The summed E-state index contributed by atoms with van der Waals surface area (Å²) in [5.41, 5.74) is -4.43. The fraction of sp³-hybridized carbons (Fsp3) is 0.773. The number of hydrogen-bond donors (Lipinski definition) is 1. The highest BCUT2D eigenvalue weighted by atomic mass is 32.1. The van der Waals surface area contributed by atoms with Crippen LogP contribution in [0, 0.1) is 10.8 Å². The van der Waals surface area contributed by atoms with Gasteiger partial charge in [0.1, 0.15) is 18.1 Å². The van der Waals surface area contributed by atoms with Gasteiger partial charge in [0.15, 0.2) is 18.3 Å². The fourth-order valence-electron chi connectivity index (χ4n) is 4.94. The van der Waals surface area contributed by atoms with Crippen LogP contribution in [-0.4, -0.2) is 71.9 Å². The normalized spacial score (nSPS) is 38.0. The Balaban J connectivity index is 1.92. The largest absolute Gasteiger partial charge is 0.463 e. The molecule has 190 valence electrons. The van der Waals surface area contributed by atoms with Gasteiger partial charge in [-0.15, -0.1) is 12.6 Å². The average molecular weight is 503 g/mol. The third-order valence-corrected chi connectivity index (χ3v) is 7.74. The van der Waals surface area contributed by atoms with Gasteiger partial charge in [-0.2, -0.15) is 0 Å². The number of esters is 5. The van der Waals surface area contributed by atoms with Crippen molar-refractivity contribution in [3.63, 3.8) is 0 Å². The molecule has 3 fully saturated rings. The Morgan fingerprint density at radius 1 is 0.912 bits per heavy atom. The van der Waals surface area contributed by atoms with Gasteiger partial charge in [-0.1, -0.05) is 13.8 Å². The molecule has 2 aliphatic heterocycles. The second-order valence-electron chi connectivity index (χ2n) is 9.56. The second kappa shape index (κ2) is 9.03. The van der Waals surface area contributed by atoms with Crippen molar-refractivity contribution in [2.45, 2.75) is 89.8 Å². The van der Waals surface area contributed by atoms with Crippen molar-refractivity contribution < 1.29 is 52.4 Å². The van der Waals surface area contributed by atoms with Gasteiger partial charge in [0.2, 0.25) is 5.60 Å². The molecule has 34 heavy (non-hydrogen) atoms. The summed E-state index contributed by atoms with van der Waals surface area (Å²) in [4.78, 5) is 61.0. The summed E-state index contributed by atoms with van der Waals surface area (Å²) in [7, 11) is 0. The smallest absolute Gasteiger partial charge is 0.351 e. The van der Waals surface area contributed by atoms with Crippen LogP contribution in [0.4, 0.5) is 0 Å². The maximum Gasteiger partial charge on any atom is 0.351 e. The molecule has 0 aromatic rings. The number of fused-ring (bicyclic) bond motifs is 2. The summed E-state index contributed by atoms with van der Waals surface area (Å²) in [6.45, 7) is 8.42. The molecule has 2 bridgehead atoms. The van der Waals surface area contributed by atoms with E-state index in [9.17, 15) is 24.0 Å². The number of hydrogen-bond acceptors (Lipinski definition) is 12. The van der Waals surface area contributed by atoms with Crippen molar-refractivity contribution in [2.75, 3.05) is 6.61 Å². The van der Waals surface area contributed by atoms with E-state index in [1.807, 2.05) is 0 Å². The lowest BCUT2D eigenvalue weighted by Crippen LogP contribution is -2.62. The van der Waals surface area contributed by atoms with Crippen molar-refractivity contribution >= 4 is 42.5 Å². The predicted molar refractivity (Wildman–Crippen MR) is 115 cm³/mol. The minimum atomic E-state index is -1.54. The van der Waals surface area contributed by atoms with E-state index in [-0.39, 0.29) is 13.0 Å². The van der Waals surface area contributed by atoms with Crippen LogP contribution in [0.1, 0.15) is 54.4 Å². The highest BCUT2D eigenvalue weighted by molar-refractivity contribution is 7.80. The first-order chi connectivity index (χ1) is 15.7. The van der Waals surface area contributed by atoms with Crippen molar-refractivity contribution in [1.82, 2.24) is 0 Å². The molecule has 1 aliphatic carbocycles. The number of ether oxygens (including phenoxy) is 6.